The number of nitrogens with zero attached hydrogens (tertiary/aromatic N) is 3. The van der Waals surface area contributed by atoms with E-state index in [1.807, 2.05) is 24.3 Å². The van der Waals surface area contributed by atoms with E-state index in [0.29, 0.717) is 5.95 Å². The Balaban J connectivity index is 2.26. The van der Waals surface area contributed by atoms with Crippen molar-refractivity contribution in [2.45, 2.75) is 0 Å². The minimum absolute atomic E-state index is 0.0879. The number of anilines is 2. The summed E-state index contributed by atoms with van der Waals surface area (Å²) >= 11 is 7.97. The Hall–Kier alpha value is -1.15. The van der Waals surface area contributed by atoms with Gasteiger partial charge in [0.1, 0.15) is 0 Å². The predicted octanol–water partition coefficient (Wildman–Crippen LogP) is 2.88. The molecule has 1 aromatic heterocycles. The smallest absolute Gasteiger partial charge is 0.322 e. The van der Waals surface area contributed by atoms with Crippen LogP contribution in [-0.4, -0.2) is 22.1 Å². The van der Waals surface area contributed by atoms with Crippen molar-refractivity contribution < 1.29 is 4.74 Å². The molecule has 0 saturated heterocycles. The lowest BCUT2D eigenvalue weighted by atomic mass is 10.3. The summed E-state index contributed by atoms with van der Waals surface area (Å²) in [6.07, 6.45) is 0. The molecule has 0 aliphatic carbocycles. The minimum Gasteiger partial charge on any atom is -0.467 e. The van der Waals surface area contributed by atoms with Gasteiger partial charge in [-0.1, -0.05) is 6.07 Å². The first kappa shape index (κ1) is 12.3. The van der Waals surface area contributed by atoms with E-state index in [0.717, 1.165) is 9.26 Å². The molecule has 0 amide bonds. The van der Waals surface area contributed by atoms with Crippen LogP contribution in [0.1, 0.15) is 0 Å². The van der Waals surface area contributed by atoms with E-state index >= 15 is 0 Å². The third-order valence-corrected chi connectivity index (χ3v) is 2.69. The van der Waals surface area contributed by atoms with Gasteiger partial charge in [-0.25, -0.2) is 0 Å². The third-order valence-electron chi connectivity index (χ3n) is 1.85. The van der Waals surface area contributed by atoms with E-state index in [2.05, 4.69) is 42.9 Å². The van der Waals surface area contributed by atoms with Crippen molar-refractivity contribution in [2.24, 2.45) is 0 Å². The van der Waals surface area contributed by atoms with Gasteiger partial charge in [-0.2, -0.15) is 15.0 Å². The summed E-state index contributed by atoms with van der Waals surface area (Å²) in [5.74, 6) is 0.351. The van der Waals surface area contributed by atoms with E-state index in [1.54, 1.807) is 0 Å². The first-order valence-corrected chi connectivity index (χ1v) is 6.11. The van der Waals surface area contributed by atoms with Crippen LogP contribution in [0.15, 0.2) is 24.3 Å². The summed E-state index contributed by atoms with van der Waals surface area (Å²) in [5.41, 5.74) is 0.876. The zero-order valence-corrected chi connectivity index (χ0v) is 11.7. The Bertz CT molecular complexity index is 537. The monoisotopic (exact) mass is 362 g/mol. The number of hydrogen-bond donors (Lipinski definition) is 1. The maximum Gasteiger partial charge on any atom is 0.322 e. The quantitative estimate of drug-likeness (QED) is 0.851. The lowest BCUT2D eigenvalue weighted by Gasteiger charge is -2.06. The van der Waals surface area contributed by atoms with Crippen molar-refractivity contribution in [1.82, 2.24) is 15.0 Å². The van der Waals surface area contributed by atoms with Crippen LogP contribution >= 0.6 is 34.2 Å². The fourth-order valence-electron chi connectivity index (χ4n) is 1.17. The van der Waals surface area contributed by atoms with Gasteiger partial charge in [0.2, 0.25) is 11.2 Å². The molecule has 0 fully saturated rings. The summed E-state index contributed by atoms with van der Waals surface area (Å²) in [4.78, 5) is 11.8. The molecular formula is C10H8ClIN4O. The number of rotatable bonds is 3. The number of halogens is 2. The van der Waals surface area contributed by atoms with Gasteiger partial charge < -0.3 is 10.1 Å². The maximum absolute atomic E-state index is 5.74. The van der Waals surface area contributed by atoms with Crippen LogP contribution in [-0.2, 0) is 0 Å². The highest BCUT2D eigenvalue weighted by atomic mass is 127. The average molecular weight is 363 g/mol. The SMILES string of the molecule is COc1nc(Cl)nc(Nc2cccc(I)c2)n1. The molecule has 0 saturated carbocycles. The lowest BCUT2D eigenvalue weighted by molar-refractivity contribution is 0.379. The molecule has 0 bridgehead atoms. The molecule has 0 atom stereocenters. The van der Waals surface area contributed by atoms with Crippen molar-refractivity contribution >= 4 is 45.8 Å². The van der Waals surface area contributed by atoms with Crippen LogP contribution in [0.4, 0.5) is 11.6 Å². The molecule has 2 rings (SSSR count). The van der Waals surface area contributed by atoms with Gasteiger partial charge in [-0.05, 0) is 52.4 Å². The molecule has 0 spiro atoms. The number of hydrogen-bond acceptors (Lipinski definition) is 5. The number of nitrogens with one attached hydrogen (secondary N) is 1. The van der Waals surface area contributed by atoms with Crippen LogP contribution in [0.5, 0.6) is 6.01 Å². The second kappa shape index (κ2) is 5.46. The van der Waals surface area contributed by atoms with E-state index in [1.165, 1.54) is 7.11 Å². The minimum atomic E-state index is 0.0879. The maximum atomic E-state index is 5.74. The summed E-state index contributed by atoms with van der Waals surface area (Å²) in [7, 11) is 1.47. The summed E-state index contributed by atoms with van der Waals surface area (Å²) in [5, 5.41) is 3.12. The highest BCUT2D eigenvalue weighted by molar-refractivity contribution is 14.1. The molecule has 0 aliphatic heterocycles. The summed E-state index contributed by atoms with van der Waals surface area (Å²) in [6.45, 7) is 0. The topological polar surface area (TPSA) is 59.9 Å². The van der Waals surface area contributed by atoms with Crippen LogP contribution in [0, 0.1) is 3.57 Å². The zero-order chi connectivity index (χ0) is 12.3. The van der Waals surface area contributed by atoms with Crippen molar-refractivity contribution in [3.8, 4) is 6.01 Å². The highest BCUT2D eigenvalue weighted by Crippen LogP contribution is 2.18. The highest BCUT2D eigenvalue weighted by Gasteiger charge is 2.05. The molecule has 0 unspecified atom stereocenters. The Morgan fingerprint density at radius 1 is 1.29 bits per heavy atom. The fourth-order valence-corrected chi connectivity index (χ4v) is 1.87. The molecule has 88 valence electrons. The van der Waals surface area contributed by atoms with Gasteiger partial charge in [0.25, 0.3) is 0 Å². The number of benzene rings is 1. The second-order valence-corrected chi connectivity index (χ2v) is 4.63. The zero-order valence-electron chi connectivity index (χ0n) is 8.82. The van der Waals surface area contributed by atoms with E-state index < -0.39 is 0 Å². The molecule has 17 heavy (non-hydrogen) atoms. The Labute approximate surface area is 117 Å². The van der Waals surface area contributed by atoms with E-state index in [-0.39, 0.29) is 11.3 Å². The first-order chi connectivity index (χ1) is 8.17. The van der Waals surface area contributed by atoms with Gasteiger partial charge >= 0.3 is 6.01 Å². The molecule has 1 N–H and O–H groups in total. The third kappa shape index (κ3) is 3.40. The molecule has 0 aliphatic rings. The Kier molecular flexibility index (Phi) is 3.95. The summed E-state index contributed by atoms with van der Waals surface area (Å²) in [6, 6.07) is 7.98. The predicted molar refractivity (Wildman–Crippen MR) is 73.8 cm³/mol. The van der Waals surface area contributed by atoms with Crippen molar-refractivity contribution in [2.75, 3.05) is 12.4 Å². The Morgan fingerprint density at radius 2 is 2.12 bits per heavy atom. The van der Waals surface area contributed by atoms with Crippen LogP contribution < -0.4 is 10.1 Å². The molecular weight excluding hydrogens is 354 g/mol. The lowest BCUT2D eigenvalue weighted by Crippen LogP contribution is -2.01. The fraction of sp³-hybridized carbons (Fsp3) is 0.100. The normalized spacial score (nSPS) is 10.1. The second-order valence-electron chi connectivity index (χ2n) is 3.05. The van der Waals surface area contributed by atoms with Crippen LogP contribution in [0.2, 0.25) is 5.28 Å². The number of methoxy groups -OCH3 is 1. The molecule has 2 aromatic rings. The van der Waals surface area contributed by atoms with Gasteiger partial charge in [-0.3, -0.25) is 0 Å². The van der Waals surface area contributed by atoms with Gasteiger partial charge in [0.15, 0.2) is 0 Å². The standard InChI is InChI=1S/C10H8ClIN4O/c1-17-10-15-8(11)14-9(16-10)13-7-4-2-3-6(12)5-7/h2-5H,1H3,(H,13,14,15,16). The molecule has 0 radical (unpaired) electrons. The number of ether oxygens (including phenoxy) is 1. The summed E-state index contributed by atoms with van der Waals surface area (Å²) < 4.78 is 6.02. The number of aromatic nitrogens is 3. The largest absolute Gasteiger partial charge is 0.467 e. The van der Waals surface area contributed by atoms with Gasteiger partial charge in [0.05, 0.1) is 7.11 Å². The average Bonchev–Trinajstić information content (AvgIpc) is 2.28. The molecule has 5 nitrogen and oxygen atoms in total. The van der Waals surface area contributed by atoms with Crippen LogP contribution in [0.3, 0.4) is 0 Å². The van der Waals surface area contributed by atoms with E-state index in [4.69, 9.17) is 16.3 Å². The van der Waals surface area contributed by atoms with Crippen LogP contribution in [0.25, 0.3) is 0 Å². The molecule has 7 heteroatoms. The first-order valence-electron chi connectivity index (χ1n) is 4.65. The Morgan fingerprint density at radius 3 is 2.82 bits per heavy atom. The van der Waals surface area contributed by atoms with Gasteiger partial charge in [0, 0.05) is 9.26 Å². The van der Waals surface area contributed by atoms with Gasteiger partial charge in [-0.15, -0.1) is 0 Å². The molecule has 1 aromatic carbocycles. The molecule has 1 heterocycles. The van der Waals surface area contributed by atoms with E-state index in [9.17, 15) is 0 Å². The van der Waals surface area contributed by atoms with Crippen molar-refractivity contribution in [3.63, 3.8) is 0 Å². The van der Waals surface area contributed by atoms with Crippen molar-refractivity contribution in [1.29, 1.82) is 0 Å². The van der Waals surface area contributed by atoms with Crippen molar-refractivity contribution in [3.05, 3.63) is 33.1 Å².